The molecular formula is C19H14FN5O. The van der Waals surface area contributed by atoms with Crippen LogP contribution in [-0.4, -0.2) is 20.2 Å². The van der Waals surface area contributed by atoms with E-state index in [1.807, 2.05) is 19.9 Å². The van der Waals surface area contributed by atoms with Crippen LogP contribution in [0, 0.1) is 17.1 Å². The molecule has 7 heteroatoms. The van der Waals surface area contributed by atoms with Crippen molar-refractivity contribution >= 4 is 32.6 Å². The maximum atomic E-state index is 13.8. The zero-order valence-electron chi connectivity index (χ0n) is 14.1. The number of nitrogens with one attached hydrogen (secondary N) is 2. The smallest absolute Gasteiger partial charge is 0.270 e. The van der Waals surface area contributed by atoms with Gasteiger partial charge in [-0.3, -0.25) is 9.89 Å². The molecule has 0 unspecified atom stereocenters. The number of hydrogen-bond donors (Lipinski definition) is 2. The highest BCUT2D eigenvalue weighted by molar-refractivity contribution is 6.22. The third-order valence-electron chi connectivity index (χ3n) is 4.47. The van der Waals surface area contributed by atoms with E-state index in [0.717, 1.165) is 0 Å². The summed E-state index contributed by atoms with van der Waals surface area (Å²) in [6.45, 7) is 3.80. The predicted octanol–water partition coefficient (Wildman–Crippen LogP) is 3.45. The van der Waals surface area contributed by atoms with Crippen LogP contribution in [0.15, 0.2) is 41.3 Å². The molecule has 0 saturated carbocycles. The van der Waals surface area contributed by atoms with Gasteiger partial charge in [-0.05, 0) is 32.0 Å². The van der Waals surface area contributed by atoms with E-state index in [1.54, 1.807) is 18.3 Å². The van der Waals surface area contributed by atoms with Gasteiger partial charge in [0.15, 0.2) is 0 Å². The van der Waals surface area contributed by atoms with Gasteiger partial charge >= 0.3 is 0 Å². The number of imidazole rings is 1. The van der Waals surface area contributed by atoms with E-state index in [4.69, 9.17) is 5.26 Å². The molecule has 0 amide bonds. The number of halogens is 1. The Hall–Kier alpha value is -3.53. The summed E-state index contributed by atoms with van der Waals surface area (Å²) in [7, 11) is 0. The van der Waals surface area contributed by atoms with Crippen molar-refractivity contribution in [1.82, 2.24) is 20.2 Å². The number of aromatic amines is 2. The van der Waals surface area contributed by atoms with Crippen LogP contribution < -0.4 is 5.56 Å². The molecule has 0 spiro atoms. The molecule has 4 rings (SSSR count). The minimum Gasteiger partial charge on any atom is -0.305 e. The van der Waals surface area contributed by atoms with Crippen LogP contribution >= 0.6 is 0 Å². The molecule has 0 radical (unpaired) electrons. The van der Waals surface area contributed by atoms with E-state index in [1.165, 1.54) is 18.2 Å². The average Bonchev–Trinajstić information content (AvgIpc) is 3.06. The summed E-state index contributed by atoms with van der Waals surface area (Å²) < 4.78 is 13.8. The lowest BCUT2D eigenvalue weighted by atomic mass is 9.92. The number of fused-ring (bicyclic) bond motifs is 6. The highest BCUT2D eigenvalue weighted by Crippen LogP contribution is 2.34. The molecule has 0 saturated heterocycles. The van der Waals surface area contributed by atoms with Gasteiger partial charge in [-0.15, -0.1) is 0 Å². The fourth-order valence-electron chi connectivity index (χ4n) is 3.14. The van der Waals surface area contributed by atoms with Gasteiger partial charge in [0.2, 0.25) is 0 Å². The van der Waals surface area contributed by atoms with Crippen molar-refractivity contribution < 1.29 is 4.39 Å². The second-order valence-electron chi connectivity index (χ2n) is 6.65. The Morgan fingerprint density at radius 2 is 1.92 bits per heavy atom. The molecule has 6 nitrogen and oxygen atoms in total. The molecule has 0 atom stereocenters. The number of aromatic nitrogens is 4. The molecule has 0 aliphatic heterocycles. The first-order chi connectivity index (χ1) is 12.4. The van der Waals surface area contributed by atoms with Crippen LogP contribution in [0.2, 0.25) is 0 Å². The maximum Gasteiger partial charge on any atom is 0.270 e. The largest absolute Gasteiger partial charge is 0.305 e. The Morgan fingerprint density at radius 3 is 2.65 bits per heavy atom. The molecule has 0 aliphatic rings. The SMILES string of the molecule is CC(C)(C=CC#N)c1nc2c3ccc(F)cc3c3c(=O)[nH][nH]cc3c2n1. The average molecular weight is 347 g/mol. The zero-order valence-corrected chi connectivity index (χ0v) is 14.1. The second-order valence-corrected chi connectivity index (χ2v) is 6.65. The molecule has 26 heavy (non-hydrogen) atoms. The molecule has 2 aromatic carbocycles. The first kappa shape index (κ1) is 16.0. The Kier molecular flexibility index (Phi) is 3.37. The lowest BCUT2D eigenvalue weighted by molar-refractivity contribution is 0.627. The summed E-state index contributed by atoms with van der Waals surface area (Å²) in [5.41, 5.74) is 0.237. The van der Waals surface area contributed by atoms with Crippen LogP contribution in [0.1, 0.15) is 19.7 Å². The summed E-state index contributed by atoms with van der Waals surface area (Å²) in [5, 5.41) is 16.1. The van der Waals surface area contributed by atoms with E-state index in [0.29, 0.717) is 38.4 Å². The highest BCUT2D eigenvalue weighted by atomic mass is 19.1. The van der Waals surface area contributed by atoms with E-state index in [2.05, 4.69) is 20.2 Å². The number of H-pyrrole nitrogens is 2. The van der Waals surface area contributed by atoms with Crippen LogP contribution in [0.4, 0.5) is 4.39 Å². The first-order valence-corrected chi connectivity index (χ1v) is 7.99. The summed E-state index contributed by atoms with van der Waals surface area (Å²) in [5.74, 6) is 0.0970. The fourth-order valence-corrected chi connectivity index (χ4v) is 3.14. The van der Waals surface area contributed by atoms with Gasteiger partial charge in [-0.2, -0.15) is 5.26 Å². The van der Waals surface area contributed by atoms with Gasteiger partial charge in [0.1, 0.15) is 17.2 Å². The Balaban J connectivity index is 2.20. The van der Waals surface area contributed by atoms with Gasteiger partial charge < -0.3 is 5.10 Å². The van der Waals surface area contributed by atoms with Crippen molar-refractivity contribution in [3.63, 3.8) is 0 Å². The lowest BCUT2D eigenvalue weighted by Gasteiger charge is -2.14. The third kappa shape index (κ3) is 2.27. The van der Waals surface area contributed by atoms with Crippen LogP contribution in [0.25, 0.3) is 32.6 Å². The van der Waals surface area contributed by atoms with Gasteiger partial charge in [0, 0.05) is 33.8 Å². The van der Waals surface area contributed by atoms with Crippen molar-refractivity contribution in [1.29, 1.82) is 5.26 Å². The maximum absolute atomic E-state index is 13.8. The molecule has 128 valence electrons. The van der Waals surface area contributed by atoms with Crippen molar-refractivity contribution in [3.8, 4) is 6.07 Å². The number of rotatable bonds is 2. The van der Waals surface area contributed by atoms with Gasteiger partial charge in [0.05, 0.1) is 17.0 Å². The molecule has 4 aromatic rings. The lowest BCUT2D eigenvalue weighted by Crippen LogP contribution is -2.15. The Labute approximate surface area is 147 Å². The summed E-state index contributed by atoms with van der Waals surface area (Å²) in [6, 6.07) is 6.26. The predicted molar refractivity (Wildman–Crippen MR) is 97.3 cm³/mol. The molecule has 2 aromatic heterocycles. The van der Waals surface area contributed by atoms with Crippen LogP contribution in [0.3, 0.4) is 0 Å². The molecule has 0 fully saturated rings. The second kappa shape index (κ2) is 5.49. The van der Waals surface area contributed by atoms with Crippen molar-refractivity contribution in [3.05, 3.63) is 58.5 Å². The number of nitriles is 1. The minimum atomic E-state index is -0.571. The standard InChI is InChI=1S/C19H14FN5O/c1-19(2,6-3-7-21)18-23-15-11-5-4-10(20)8-12(11)14-13(16(15)24-18)9-22-25-17(14)26/h3-6,8-9,22H,1-2H3,(H,25,26). The minimum absolute atomic E-state index is 0.354. The molecule has 0 bridgehead atoms. The Bertz CT molecular complexity index is 1310. The van der Waals surface area contributed by atoms with Crippen LogP contribution in [0.5, 0.6) is 0 Å². The van der Waals surface area contributed by atoms with E-state index in [9.17, 15) is 9.18 Å². The number of allylic oxidation sites excluding steroid dienone is 2. The van der Waals surface area contributed by atoms with Gasteiger partial charge in [-0.25, -0.2) is 14.4 Å². The Morgan fingerprint density at radius 1 is 1.19 bits per heavy atom. The third-order valence-corrected chi connectivity index (χ3v) is 4.47. The summed E-state index contributed by atoms with van der Waals surface area (Å²) in [4.78, 5) is 21.7. The molecule has 2 heterocycles. The molecule has 2 N–H and O–H groups in total. The molecular weight excluding hydrogens is 333 g/mol. The van der Waals surface area contributed by atoms with E-state index < -0.39 is 11.2 Å². The number of benzene rings is 2. The topological polar surface area (TPSA) is 98.2 Å². The van der Waals surface area contributed by atoms with Crippen molar-refractivity contribution in [2.75, 3.05) is 0 Å². The van der Waals surface area contributed by atoms with Gasteiger partial charge in [0.25, 0.3) is 5.56 Å². The summed E-state index contributed by atoms with van der Waals surface area (Å²) >= 11 is 0. The van der Waals surface area contributed by atoms with Gasteiger partial charge in [-0.1, -0.05) is 6.08 Å². The zero-order chi connectivity index (χ0) is 18.5. The monoisotopic (exact) mass is 347 g/mol. The quantitative estimate of drug-likeness (QED) is 0.428. The van der Waals surface area contributed by atoms with Crippen LogP contribution in [-0.2, 0) is 5.41 Å². The van der Waals surface area contributed by atoms with Crippen molar-refractivity contribution in [2.45, 2.75) is 19.3 Å². The van der Waals surface area contributed by atoms with Crippen molar-refractivity contribution in [2.24, 2.45) is 0 Å². The number of nitrogens with zero attached hydrogens (tertiary/aromatic N) is 3. The van der Waals surface area contributed by atoms with E-state index >= 15 is 0 Å². The first-order valence-electron chi connectivity index (χ1n) is 7.99. The number of hydrogen-bond acceptors (Lipinski definition) is 4. The van der Waals surface area contributed by atoms with E-state index in [-0.39, 0.29) is 5.56 Å². The normalized spacial score (nSPS) is 12.4. The molecule has 0 aliphatic carbocycles. The highest BCUT2D eigenvalue weighted by Gasteiger charge is 2.25. The fraction of sp³-hybridized carbons (Fsp3) is 0.158. The summed E-state index contributed by atoms with van der Waals surface area (Å²) in [6.07, 6.45) is 4.75.